The van der Waals surface area contributed by atoms with Crippen molar-refractivity contribution in [3.63, 3.8) is 0 Å². The van der Waals surface area contributed by atoms with Crippen LogP contribution in [0.15, 0.2) is 18.2 Å². The fraction of sp³-hybridized carbons (Fsp3) is 0.500. The summed E-state index contributed by atoms with van der Waals surface area (Å²) >= 11 is 1.79. The molecule has 0 bridgehead atoms. The van der Waals surface area contributed by atoms with Gasteiger partial charge in [0.05, 0.1) is 5.69 Å². The molecule has 1 rings (SSSR count). The minimum Gasteiger partial charge on any atom is -0.477 e. The molecule has 1 aromatic heterocycles. The van der Waals surface area contributed by atoms with Crippen LogP contribution in [0.25, 0.3) is 0 Å². The molecule has 1 heterocycles. The molecule has 1 aromatic rings. The molecule has 0 radical (unpaired) electrons. The minimum absolute atomic E-state index is 0.0911. The molecule has 0 atom stereocenters. The Morgan fingerprint density at radius 3 is 2.82 bits per heavy atom. The normalized spacial score (nSPS) is 11.5. The lowest BCUT2D eigenvalue weighted by molar-refractivity contribution is 0.0690. The van der Waals surface area contributed by atoms with Gasteiger partial charge in [0.1, 0.15) is 5.69 Å². The van der Waals surface area contributed by atoms with Crippen LogP contribution in [-0.4, -0.2) is 33.6 Å². The Kier molecular flexibility index (Phi) is 4.96. The van der Waals surface area contributed by atoms with Crippen LogP contribution in [0.4, 0.5) is 0 Å². The largest absolute Gasteiger partial charge is 0.477 e. The van der Waals surface area contributed by atoms with Crippen molar-refractivity contribution in [3.8, 4) is 0 Å². The van der Waals surface area contributed by atoms with Crippen molar-refractivity contribution in [1.29, 1.82) is 0 Å². The number of carboxylic acid groups (broad SMARTS) is 1. The van der Waals surface area contributed by atoms with Gasteiger partial charge in [-0.15, -0.1) is 0 Å². The van der Waals surface area contributed by atoms with Gasteiger partial charge >= 0.3 is 5.97 Å². The van der Waals surface area contributed by atoms with Crippen molar-refractivity contribution in [1.82, 2.24) is 10.3 Å². The van der Waals surface area contributed by atoms with Gasteiger partial charge in [-0.05, 0) is 32.2 Å². The number of pyridine rings is 1. The first kappa shape index (κ1) is 14.0. The highest BCUT2D eigenvalue weighted by Gasteiger charge is 2.15. The van der Waals surface area contributed by atoms with Gasteiger partial charge in [0, 0.05) is 17.8 Å². The third-order valence-corrected chi connectivity index (χ3v) is 3.68. The van der Waals surface area contributed by atoms with Crippen LogP contribution in [0, 0.1) is 0 Å². The summed E-state index contributed by atoms with van der Waals surface area (Å²) < 4.78 is 0.171. The first-order valence-corrected chi connectivity index (χ1v) is 6.62. The van der Waals surface area contributed by atoms with Gasteiger partial charge in [0.25, 0.3) is 0 Å². The smallest absolute Gasteiger partial charge is 0.354 e. The number of carbonyl (C=O) groups is 1. The summed E-state index contributed by atoms with van der Waals surface area (Å²) in [6.45, 7) is 5.76. The molecule has 0 aliphatic rings. The van der Waals surface area contributed by atoms with Crippen molar-refractivity contribution in [2.45, 2.75) is 25.1 Å². The van der Waals surface area contributed by atoms with E-state index in [1.807, 2.05) is 6.07 Å². The van der Waals surface area contributed by atoms with E-state index in [4.69, 9.17) is 5.11 Å². The Balaban J connectivity index is 2.52. The molecule has 4 nitrogen and oxygen atoms in total. The molecule has 0 aromatic carbocycles. The Morgan fingerprint density at radius 1 is 1.53 bits per heavy atom. The van der Waals surface area contributed by atoms with Crippen LogP contribution in [0.2, 0.25) is 0 Å². The van der Waals surface area contributed by atoms with E-state index < -0.39 is 5.97 Å². The summed E-state index contributed by atoms with van der Waals surface area (Å²) in [5.74, 6) is -0.990. The lowest BCUT2D eigenvalue weighted by Crippen LogP contribution is -2.31. The second kappa shape index (κ2) is 6.02. The van der Waals surface area contributed by atoms with Crippen molar-refractivity contribution >= 4 is 17.7 Å². The molecule has 0 saturated heterocycles. The third-order valence-electron chi connectivity index (χ3n) is 2.44. The number of aromatic carboxylic acids is 1. The first-order chi connectivity index (χ1) is 7.94. The van der Waals surface area contributed by atoms with Crippen molar-refractivity contribution in [2.24, 2.45) is 0 Å². The number of nitrogens with one attached hydrogen (secondary N) is 1. The van der Waals surface area contributed by atoms with Gasteiger partial charge in [-0.25, -0.2) is 9.78 Å². The standard InChI is InChI=1S/C12H18N2O2S/c1-12(2,17-3)8-13-7-9-5-4-6-10(14-9)11(15)16/h4-6,13H,7-8H2,1-3H3,(H,15,16). The summed E-state index contributed by atoms with van der Waals surface area (Å²) in [6.07, 6.45) is 2.07. The fourth-order valence-corrected chi connectivity index (χ4v) is 1.51. The van der Waals surface area contributed by atoms with Crippen molar-refractivity contribution in [2.75, 3.05) is 12.8 Å². The van der Waals surface area contributed by atoms with Crippen LogP contribution < -0.4 is 5.32 Å². The van der Waals surface area contributed by atoms with E-state index in [0.717, 1.165) is 12.2 Å². The number of aromatic nitrogens is 1. The maximum absolute atomic E-state index is 10.7. The number of nitrogens with zero attached hydrogens (tertiary/aromatic N) is 1. The third kappa shape index (κ3) is 4.75. The zero-order chi connectivity index (χ0) is 12.9. The first-order valence-electron chi connectivity index (χ1n) is 5.40. The molecule has 17 heavy (non-hydrogen) atoms. The number of hydrogen-bond acceptors (Lipinski definition) is 4. The summed E-state index contributed by atoms with van der Waals surface area (Å²) in [7, 11) is 0. The predicted molar refractivity (Wildman–Crippen MR) is 70.5 cm³/mol. The Morgan fingerprint density at radius 2 is 2.24 bits per heavy atom. The molecule has 94 valence electrons. The quantitative estimate of drug-likeness (QED) is 0.813. The highest BCUT2D eigenvalue weighted by atomic mass is 32.2. The van der Waals surface area contributed by atoms with Crippen LogP contribution in [0.5, 0.6) is 0 Å². The minimum atomic E-state index is -0.990. The predicted octanol–water partition coefficient (Wildman–Crippen LogP) is 2.01. The Hall–Kier alpha value is -1.07. The van der Waals surface area contributed by atoms with E-state index in [-0.39, 0.29) is 10.4 Å². The van der Waals surface area contributed by atoms with E-state index in [2.05, 4.69) is 30.4 Å². The summed E-state index contributed by atoms with van der Waals surface area (Å²) in [5.41, 5.74) is 0.843. The molecule has 0 spiro atoms. The molecule has 0 saturated carbocycles. The molecule has 2 N–H and O–H groups in total. The second-order valence-electron chi connectivity index (χ2n) is 4.39. The topological polar surface area (TPSA) is 62.2 Å². The molecule has 0 unspecified atom stereocenters. The monoisotopic (exact) mass is 254 g/mol. The number of hydrogen-bond donors (Lipinski definition) is 2. The molecule has 0 amide bonds. The lowest BCUT2D eigenvalue weighted by atomic mass is 10.2. The van der Waals surface area contributed by atoms with Gasteiger partial charge in [-0.2, -0.15) is 11.8 Å². The van der Waals surface area contributed by atoms with Crippen LogP contribution >= 0.6 is 11.8 Å². The maximum Gasteiger partial charge on any atom is 0.354 e. The van der Waals surface area contributed by atoms with E-state index in [9.17, 15) is 4.79 Å². The lowest BCUT2D eigenvalue weighted by Gasteiger charge is -2.22. The molecule has 0 aliphatic carbocycles. The van der Waals surface area contributed by atoms with E-state index >= 15 is 0 Å². The van der Waals surface area contributed by atoms with E-state index in [1.54, 1.807) is 17.8 Å². The van der Waals surface area contributed by atoms with Crippen LogP contribution in [0.1, 0.15) is 30.0 Å². The molecular formula is C12H18N2O2S. The van der Waals surface area contributed by atoms with Crippen LogP contribution in [-0.2, 0) is 6.54 Å². The Bertz CT molecular complexity index is 394. The average molecular weight is 254 g/mol. The maximum atomic E-state index is 10.7. The zero-order valence-corrected chi connectivity index (χ0v) is 11.2. The average Bonchev–Trinajstić information content (AvgIpc) is 2.29. The van der Waals surface area contributed by atoms with Crippen molar-refractivity contribution < 1.29 is 9.90 Å². The summed E-state index contributed by atoms with van der Waals surface area (Å²) in [6, 6.07) is 5.04. The number of rotatable bonds is 6. The van der Waals surface area contributed by atoms with Crippen molar-refractivity contribution in [3.05, 3.63) is 29.6 Å². The second-order valence-corrected chi connectivity index (χ2v) is 5.90. The molecule has 0 fully saturated rings. The Labute approximate surface area is 106 Å². The van der Waals surface area contributed by atoms with E-state index in [0.29, 0.717) is 6.54 Å². The van der Waals surface area contributed by atoms with Gasteiger partial charge in [0.2, 0.25) is 0 Å². The number of thioether (sulfide) groups is 1. The zero-order valence-electron chi connectivity index (χ0n) is 10.4. The summed E-state index contributed by atoms with van der Waals surface area (Å²) in [4.78, 5) is 14.8. The highest BCUT2D eigenvalue weighted by molar-refractivity contribution is 7.99. The fourth-order valence-electron chi connectivity index (χ4n) is 1.26. The van der Waals surface area contributed by atoms with Gasteiger partial charge < -0.3 is 10.4 Å². The van der Waals surface area contributed by atoms with E-state index in [1.165, 1.54) is 6.07 Å². The molecule has 5 heteroatoms. The molecular weight excluding hydrogens is 236 g/mol. The highest BCUT2D eigenvalue weighted by Crippen LogP contribution is 2.19. The van der Waals surface area contributed by atoms with Gasteiger partial charge in [-0.1, -0.05) is 6.07 Å². The van der Waals surface area contributed by atoms with Crippen LogP contribution in [0.3, 0.4) is 0 Å². The van der Waals surface area contributed by atoms with Gasteiger partial charge in [-0.3, -0.25) is 0 Å². The molecule has 0 aliphatic heterocycles. The number of carboxylic acids is 1. The van der Waals surface area contributed by atoms with Gasteiger partial charge in [0.15, 0.2) is 0 Å². The SMILES string of the molecule is CSC(C)(C)CNCc1cccc(C(=O)O)n1. The summed E-state index contributed by atoms with van der Waals surface area (Å²) in [5, 5.41) is 12.1.